The van der Waals surface area contributed by atoms with Crippen LogP contribution in [0.25, 0.3) is 0 Å². The van der Waals surface area contributed by atoms with Gasteiger partial charge in [0.1, 0.15) is 0 Å². The summed E-state index contributed by atoms with van der Waals surface area (Å²) in [6.45, 7) is 1.34. The summed E-state index contributed by atoms with van der Waals surface area (Å²) in [5, 5.41) is 0. The fourth-order valence-corrected chi connectivity index (χ4v) is 2.42. The lowest BCUT2D eigenvalue weighted by atomic mass is 9.85. The van der Waals surface area contributed by atoms with E-state index in [0.29, 0.717) is 0 Å². The Labute approximate surface area is 63.4 Å². The summed E-state index contributed by atoms with van der Waals surface area (Å²) in [6, 6.07) is 0.911. The van der Waals surface area contributed by atoms with Crippen LogP contribution < -0.4 is 0 Å². The monoisotopic (exact) mass is 138 g/mol. The maximum atomic E-state index is 2.53. The summed E-state index contributed by atoms with van der Waals surface area (Å²) in [4.78, 5) is 2.53. The van der Waals surface area contributed by atoms with Crippen LogP contribution in [0.15, 0.2) is 0 Å². The Morgan fingerprint density at radius 2 is 2.30 bits per heavy atom. The lowest BCUT2D eigenvalue weighted by Gasteiger charge is -2.28. The van der Waals surface area contributed by atoms with Gasteiger partial charge >= 0.3 is 0 Å². The van der Waals surface area contributed by atoms with Crippen LogP contribution in [0, 0.1) is 12.3 Å². The molecule has 2 fully saturated rings. The van der Waals surface area contributed by atoms with Gasteiger partial charge in [0.2, 0.25) is 0 Å². The highest BCUT2D eigenvalue weighted by Crippen LogP contribution is 2.34. The number of hydrogen-bond donors (Lipinski definition) is 0. The zero-order valence-electron chi connectivity index (χ0n) is 6.71. The van der Waals surface area contributed by atoms with E-state index in [0.717, 1.165) is 12.0 Å². The van der Waals surface area contributed by atoms with Gasteiger partial charge in [0.25, 0.3) is 0 Å². The average Bonchev–Trinajstić information content (AvgIpc) is 2.34. The summed E-state index contributed by atoms with van der Waals surface area (Å²) in [7, 11) is 2.27. The number of nitrogens with zero attached hydrogens (tertiary/aromatic N) is 1. The van der Waals surface area contributed by atoms with Crippen molar-refractivity contribution in [3.63, 3.8) is 0 Å². The van der Waals surface area contributed by atoms with Crippen molar-refractivity contribution >= 4 is 0 Å². The van der Waals surface area contributed by atoms with Crippen molar-refractivity contribution in [2.45, 2.75) is 31.7 Å². The molecule has 1 radical (unpaired) electrons. The second-order valence-corrected chi connectivity index (χ2v) is 3.70. The third-order valence-electron chi connectivity index (χ3n) is 3.11. The molecule has 57 valence electrons. The van der Waals surface area contributed by atoms with Gasteiger partial charge in [-0.2, -0.15) is 0 Å². The van der Waals surface area contributed by atoms with Crippen LogP contribution in [0.5, 0.6) is 0 Å². The highest BCUT2D eigenvalue weighted by atomic mass is 15.2. The number of hydrogen-bond acceptors (Lipinski definition) is 1. The zero-order chi connectivity index (χ0) is 6.97. The minimum atomic E-state index is 0.911. The van der Waals surface area contributed by atoms with Crippen LogP contribution >= 0.6 is 0 Å². The molecule has 1 aliphatic carbocycles. The highest BCUT2D eigenvalue weighted by molar-refractivity contribution is 4.93. The summed E-state index contributed by atoms with van der Waals surface area (Å²) in [5.74, 6) is 1.04. The predicted molar refractivity (Wildman–Crippen MR) is 42.7 cm³/mol. The Morgan fingerprint density at radius 1 is 1.40 bits per heavy atom. The van der Waals surface area contributed by atoms with Crippen LogP contribution in [-0.2, 0) is 0 Å². The maximum Gasteiger partial charge on any atom is 0.0124 e. The molecule has 2 rings (SSSR count). The quantitative estimate of drug-likeness (QED) is 0.492. The van der Waals surface area contributed by atoms with Gasteiger partial charge < -0.3 is 4.90 Å². The van der Waals surface area contributed by atoms with Crippen molar-refractivity contribution in [2.75, 3.05) is 13.6 Å². The van der Waals surface area contributed by atoms with Crippen molar-refractivity contribution in [1.82, 2.24) is 4.90 Å². The standard InChI is InChI=1S/C9H16N/c1-10-7-6-8-4-2-3-5-9(8)10/h3,8-9H,2,4-7H2,1H3. The average molecular weight is 138 g/mol. The first kappa shape index (κ1) is 6.66. The molecular weight excluding hydrogens is 122 g/mol. The van der Waals surface area contributed by atoms with E-state index in [9.17, 15) is 0 Å². The van der Waals surface area contributed by atoms with Gasteiger partial charge in [-0.05, 0) is 51.6 Å². The van der Waals surface area contributed by atoms with E-state index in [4.69, 9.17) is 0 Å². The minimum Gasteiger partial charge on any atom is -0.303 e. The summed E-state index contributed by atoms with van der Waals surface area (Å²) in [6.07, 6.45) is 8.09. The van der Waals surface area contributed by atoms with Crippen molar-refractivity contribution in [3.05, 3.63) is 6.42 Å². The largest absolute Gasteiger partial charge is 0.303 e. The Morgan fingerprint density at radius 3 is 3.10 bits per heavy atom. The van der Waals surface area contributed by atoms with Crippen molar-refractivity contribution in [3.8, 4) is 0 Å². The molecule has 0 spiro atoms. The van der Waals surface area contributed by atoms with Crippen LogP contribution in [0.2, 0.25) is 0 Å². The first-order chi connectivity index (χ1) is 4.88. The fraction of sp³-hybridized carbons (Fsp3) is 0.889. The van der Waals surface area contributed by atoms with Gasteiger partial charge in [0.15, 0.2) is 0 Å². The van der Waals surface area contributed by atoms with Crippen molar-refractivity contribution in [2.24, 2.45) is 5.92 Å². The molecular formula is C9H16N. The summed E-state index contributed by atoms with van der Waals surface area (Å²) in [5.41, 5.74) is 0. The normalized spacial score (nSPS) is 41.7. The van der Waals surface area contributed by atoms with E-state index >= 15 is 0 Å². The van der Waals surface area contributed by atoms with Gasteiger partial charge in [0.05, 0.1) is 0 Å². The fourth-order valence-electron chi connectivity index (χ4n) is 2.42. The molecule has 1 heteroatoms. The third-order valence-corrected chi connectivity index (χ3v) is 3.11. The van der Waals surface area contributed by atoms with Crippen LogP contribution in [0.3, 0.4) is 0 Å². The predicted octanol–water partition coefficient (Wildman–Crippen LogP) is 1.69. The van der Waals surface area contributed by atoms with Crippen LogP contribution in [0.4, 0.5) is 0 Å². The van der Waals surface area contributed by atoms with Gasteiger partial charge in [-0.25, -0.2) is 0 Å². The smallest absolute Gasteiger partial charge is 0.0124 e. The third kappa shape index (κ3) is 0.968. The SMILES string of the molecule is CN1CCC2CC[CH]CC21. The lowest BCUT2D eigenvalue weighted by molar-refractivity contribution is 0.240. The highest BCUT2D eigenvalue weighted by Gasteiger charge is 2.32. The Kier molecular flexibility index (Phi) is 1.69. The Balaban J connectivity index is 2.01. The first-order valence-corrected chi connectivity index (χ1v) is 4.40. The summed E-state index contributed by atoms with van der Waals surface area (Å²) < 4.78 is 0. The van der Waals surface area contributed by atoms with Crippen LogP contribution in [-0.4, -0.2) is 24.5 Å². The molecule has 2 aliphatic rings. The van der Waals surface area contributed by atoms with Gasteiger partial charge in [-0.1, -0.05) is 0 Å². The lowest BCUT2D eigenvalue weighted by Crippen LogP contribution is -2.31. The van der Waals surface area contributed by atoms with E-state index in [-0.39, 0.29) is 0 Å². The molecule has 1 saturated heterocycles. The molecule has 1 saturated carbocycles. The Hall–Kier alpha value is -0.0400. The van der Waals surface area contributed by atoms with Gasteiger partial charge in [-0.15, -0.1) is 0 Å². The van der Waals surface area contributed by atoms with E-state index in [1.807, 2.05) is 0 Å². The van der Waals surface area contributed by atoms with E-state index in [2.05, 4.69) is 18.4 Å². The molecule has 1 heterocycles. The molecule has 0 aromatic heterocycles. The van der Waals surface area contributed by atoms with Gasteiger partial charge in [-0.3, -0.25) is 0 Å². The zero-order valence-corrected chi connectivity index (χ0v) is 6.71. The molecule has 0 amide bonds. The number of likely N-dealkylation sites (tertiary alicyclic amines) is 1. The second kappa shape index (κ2) is 2.54. The number of fused-ring (bicyclic) bond motifs is 1. The number of rotatable bonds is 0. The second-order valence-electron chi connectivity index (χ2n) is 3.70. The molecule has 10 heavy (non-hydrogen) atoms. The molecule has 1 nitrogen and oxygen atoms in total. The first-order valence-electron chi connectivity index (χ1n) is 4.40. The van der Waals surface area contributed by atoms with Crippen molar-refractivity contribution < 1.29 is 0 Å². The van der Waals surface area contributed by atoms with E-state index in [1.165, 1.54) is 32.2 Å². The molecule has 0 bridgehead atoms. The topological polar surface area (TPSA) is 3.24 Å². The molecule has 2 atom stereocenters. The maximum absolute atomic E-state index is 2.53. The molecule has 2 unspecified atom stereocenters. The van der Waals surface area contributed by atoms with E-state index in [1.54, 1.807) is 0 Å². The summed E-state index contributed by atoms with van der Waals surface area (Å²) >= 11 is 0. The molecule has 1 aliphatic heterocycles. The van der Waals surface area contributed by atoms with Gasteiger partial charge in [0, 0.05) is 6.04 Å². The molecule has 0 N–H and O–H groups in total. The molecule has 0 aromatic carbocycles. The van der Waals surface area contributed by atoms with Crippen molar-refractivity contribution in [1.29, 1.82) is 0 Å². The van der Waals surface area contributed by atoms with E-state index < -0.39 is 0 Å². The van der Waals surface area contributed by atoms with Crippen LogP contribution in [0.1, 0.15) is 25.7 Å². The molecule has 0 aromatic rings. The Bertz CT molecular complexity index is 120. The minimum absolute atomic E-state index is 0.911.